The van der Waals surface area contributed by atoms with Gasteiger partial charge in [0, 0.05) is 36.2 Å². The molecule has 1 saturated carbocycles. The van der Waals surface area contributed by atoms with Crippen LogP contribution in [-0.2, 0) is 6.54 Å². The van der Waals surface area contributed by atoms with Crippen LogP contribution in [0.1, 0.15) is 40.0 Å². The van der Waals surface area contributed by atoms with Gasteiger partial charge in [0.1, 0.15) is 5.82 Å². The first-order chi connectivity index (χ1) is 12.7. The Morgan fingerprint density at radius 2 is 1.96 bits per heavy atom. The molecule has 5 nitrogen and oxygen atoms in total. The van der Waals surface area contributed by atoms with Crippen LogP contribution in [0.5, 0.6) is 0 Å². The second kappa shape index (κ2) is 5.80. The highest BCUT2D eigenvalue weighted by molar-refractivity contribution is 6.08. The summed E-state index contributed by atoms with van der Waals surface area (Å²) in [5, 5.41) is 2.99. The van der Waals surface area contributed by atoms with E-state index in [1.165, 1.54) is 12.8 Å². The smallest absolute Gasteiger partial charge is 0.251 e. The second-order valence-corrected chi connectivity index (χ2v) is 7.16. The largest absolute Gasteiger partial charge is 0.352 e. The van der Waals surface area contributed by atoms with Gasteiger partial charge in [-0.05, 0) is 43.0 Å². The molecule has 1 aliphatic heterocycles. The van der Waals surface area contributed by atoms with Crippen LogP contribution in [0.4, 0.5) is 0 Å². The van der Waals surface area contributed by atoms with Crippen molar-refractivity contribution >= 4 is 22.7 Å². The fourth-order valence-corrected chi connectivity index (χ4v) is 3.63. The van der Waals surface area contributed by atoms with Gasteiger partial charge in [-0.15, -0.1) is 0 Å². The van der Waals surface area contributed by atoms with Gasteiger partial charge in [-0.1, -0.05) is 18.2 Å². The van der Waals surface area contributed by atoms with Gasteiger partial charge in [-0.3, -0.25) is 9.59 Å². The minimum atomic E-state index is -0.0223. The molecule has 1 N–H and O–H groups in total. The van der Waals surface area contributed by atoms with E-state index in [9.17, 15) is 9.59 Å². The minimum absolute atomic E-state index is 0.0223. The summed E-state index contributed by atoms with van der Waals surface area (Å²) in [4.78, 5) is 29.1. The first-order valence-corrected chi connectivity index (χ1v) is 9.12. The molecular formula is C21H19N3O2. The van der Waals surface area contributed by atoms with Crippen LogP contribution < -0.4 is 5.32 Å². The van der Waals surface area contributed by atoms with Crippen molar-refractivity contribution < 1.29 is 9.59 Å². The van der Waals surface area contributed by atoms with Gasteiger partial charge >= 0.3 is 0 Å². The van der Waals surface area contributed by atoms with Crippen molar-refractivity contribution in [3.63, 3.8) is 0 Å². The van der Waals surface area contributed by atoms with Crippen LogP contribution in [0.3, 0.4) is 0 Å². The molecule has 0 bridgehead atoms. The molecule has 1 fully saturated rings. The molecule has 5 heteroatoms. The molecule has 3 aromatic rings. The lowest BCUT2D eigenvalue weighted by Crippen LogP contribution is -2.25. The molecule has 1 aromatic heterocycles. The molecule has 0 spiro atoms. The number of imidazole rings is 1. The zero-order valence-electron chi connectivity index (χ0n) is 14.4. The van der Waals surface area contributed by atoms with Gasteiger partial charge < -0.3 is 9.88 Å². The number of hydrogen-bond donors (Lipinski definition) is 1. The van der Waals surface area contributed by atoms with Gasteiger partial charge in [0.25, 0.3) is 5.91 Å². The lowest BCUT2D eigenvalue weighted by Gasteiger charge is -2.15. The number of nitrogens with one attached hydrogen (secondary N) is 1. The monoisotopic (exact) mass is 345 g/mol. The molecule has 1 aliphatic carbocycles. The van der Waals surface area contributed by atoms with Crippen molar-refractivity contribution in [2.75, 3.05) is 6.54 Å². The molecule has 2 heterocycles. The second-order valence-electron chi connectivity index (χ2n) is 7.16. The molecule has 0 saturated heterocycles. The topological polar surface area (TPSA) is 64.0 Å². The fraction of sp³-hybridized carbons (Fsp3) is 0.286. The van der Waals surface area contributed by atoms with Crippen LogP contribution in [0.2, 0.25) is 0 Å². The summed E-state index contributed by atoms with van der Waals surface area (Å²) in [7, 11) is 0. The van der Waals surface area contributed by atoms with E-state index in [4.69, 9.17) is 4.98 Å². The summed E-state index contributed by atoms with van der Waals surface area (Å²) in [5.41, 5.74) is 4.14. The quantitative estimate of drug-likeness (QED) is 0.788. The highest BCUT2D eigenvalue weighted by Crippen LogP contribution is 2.31. The molecule has 2 aliphatic rings. The number of amides is 1. The number of carbonyl (C=O) groups excluding carboxylic acids is 2. The van der Waals surface area contributed by atoms with Crippen LogP contribution >= 0.6 is 0 Å². The van der Waals surface area contributed by atoms with Crippen molar-refractivity contribution in [2.45, 2.75) is 25.8 Å². The first-order valence-electron chi connectivity index (χ1n) is 9.12. The number of para-hydroxylation sites is 1. The summed E-state index contributed by atoms with van der Waals surface area (Å²) in [5.74, 6) is 1.67. The zero-order chi connectivity index (χ0) is 17.7. The normalized spacial score (nSPS) is 16.1. The van der Waals surface area contributed by atoms with Gasteiger partial charge in [0.2, 0.25) is 0 Å². The number of Topliss-reactive ketones (excluding diaryl/α,β-unsaturated/α-hetero) is 1. The van der Waals surface area contributed by atoms with Crippen molar-refractivity contribution in [3.05, 3.63) is 53.6 Å². The Kier molecular flexibility index (Phi) is 3.42. The van der Waals surface area contributed by atoms with E-state index < -0.39 is 0 Å². The Morgan fingerprint density at radius 3 is 2.73 bits per heavy atom. The molecule has 130 valence electrons. The molecule has 2 aromatic carbocycles. The van der Waals surface area contributed by atoms with E-state index in [1.807, 2.05) is 42.5 Å². The predicted molar refractivity (Wildman–Crippen MR) is 99.2 cm³/mol. The fourth-order valence-electron chi connectivity index (χ4n) is 3.63. The molecular weight excluding hydrogens is 326 g/mol. The van der Waals surface area contributed by atoms with E-state index in [0.717, 1.165) is 34.5 Å². The summed E-state index contributed by atoms with van der Waals surface area (Å²) >= 11 is 0. The average Bonchev–Trinajstić information content (AvgIpc) is 3.43. The molecule has 0 radical (unpaired) electrons. The standard InChI is InChI=1S/C21H19N3O2/c25-18-10-11-24-19-16(18)2-1-3-17(19)23-20(24)14-6-8-15(9-7-14)21(26)22-12-13-4-5-13/h1-3,6-9,13H,4-5,10-12H2,(H,22,26). The first kappa shape index (κ1) is 15.3. The van der Waals surface area contributed by atoms with E-state index in [1.54, 1.807) is 0 Å². The number of aromatic nitrogens is 2. The van der Waals surface area contributed by atoms with Crippen molar-refractivity contribution in [3.8, 4) is 11.4 Å². The summed E-state index contributed by atoms with van der Waals surface area (Å²) in [6, 6.07) is 13.3. The third-order valence-corrected chi connectivity index (χ3v) is 5.28. The number of benzene rings is 2. The van der Waals surface area contributed by atoms with Crippen molar-refractivity contribution in [2.24, 2.45) is 5.92 Å². The Hall–Kier alpha value is -2.95. The highest BCUT2D eigenvalue weighted by atomic mass is 16.1. The molecule has 26 heavy (non-hydrogen) atoms. The van der Waals surface area contributed by atoms with Crippen LogP contribution in [-0.4, -0.2) is 27.8 Å². The van der Waals surface area contributed by atoms with Gasteiger partial charge in [0.05, 0.1) is 11.0 Å². The van der Waals surface area contributed by atoms with Gasteiger partial charge in [-0.2, -0.15) is 0 Å². The summed E-state index contributed by atoms with van der Waals surface area (Å²) in [6.45, 7) is 1.42. The molecule has 0 unspecified atom stereocenters. The molecule has 5 rings (SSSR count). The SMILES string of the molecule is O=C(NCC1CC1)c1ccc(-c2nc3cccc4c3n2CCC4=O)cc1. The number of aryl methyl sites for hydroxylation is 1. The number of carbonyl (C=O) groups is 2. The van der Waals surface area contributed by atoms with Gasteiger partial charge in [0.15, 0.2) is 5.78 Å². The lowest BCUT2D eigenvalue weighted by molar-refractivity contribution is 0.0949. The lowest BCUT2D eigenvalue weighted by atomic mass is 10.0. The maximum Gasteiger partial charge on any atom is 0.251 e. The van der Waals surface area contributed by atoms with Crippen molar-refractivity contribution in [1.29, 1.82) is 0 Å². The number of rotatable bonds is 4. The molecule has 1 amide bonds. The van der Waals surface area contributed by atoms with E-state index in [2.05, 4.69) is 9.88 Å². The Morgan fingerprint density at radius 1 is 1.15 bits per heavy atom. The van der Waals surface area contributed by atoms with E-state index >= 15 is 0 Å². The van der Waals surface area contributed by atoms with Crippen LogP contribution in [0.25, 0.3) is 22.4 Å². The Bertz CT molecular complexity index is 1030. The average molecular weight is 345 g/mol. The predicted octanol–water partition coefficient (Wildman–Crippen LogP) is 3.43. The van der Waals surface area contributed by atoms with Crippen LogP contribution in [0, 0.1) is 5.92 Å². The maximum absolute atomic E-state index is 12.2. The highest BCUT2D eigenvalue weighted by Gasteiger charge is 2.24. The maximum atomic E-state index is 12.2. The van der Waals surface area contributed by atoms with Crippen molar-refractivity contribution in [1.82, 2.24) is 14.9 Å². The Balaban J connectivity index is 1.48. The Labute approximate surface area is 151 Å². The minimum Gasteiger partial charge on any atom is -0.352 e. The number of hydrogen-bond acceptors (Lipinski definition) is 3. The van der Waals surface area contributed by atoms with E-state index in [0.29, 0.717) is 24.4 Å². The third kappa shape index (κ3) is 2.51. The zero-order valence-corrected chi connectivity index (χ0v) is 14.4. The molecule has 0 atom stereocenters. The number of nitrogens with zero attached hydrogens (tertiary/aromatic N) is 2. The third-order valence-electron chi connectivity index (χ3n) is 5.28. The summed E-state index contributed by atoms with van der Waals surface area (Å²) in [6.07, 6.45) is 2.94. The van der Waals surface area contributed by atoms with Gasteiger partial charge in [-0.25, -0.2) is 4.98 Å². The number of ketones is 1. The summed E-state index contributed by atoms with van der Waals surface area (Å²) < 4.78 is 2.12. The van der Waals surface area contributed by atoms with Crippen LogP contribution in [0.15, 0.2) is 42.5 Å². The van der Waals surface area contributed by atoms with E-state index in [-0.39, 0.29) is 11.7 Å².